The lowest BCUT2D eigenvalue weighted by Crippen LogP contribution is -2.11. The summed E-state index contributed by atoms with van der Waals surface area (Å²) in [5, 5.41) is 22.3. The highest BCUT2D eigenvalue weighted by Gasteiger charge is 1.99. The molecule has 0 aliphatic rings. The molecule has 0 aliphatic carbocycles. The molecular formula is C10H8N4. The van der Waals surface area contributed by atoms with Crippen molar-refractivity contribution in [1.82, 2.24) is 0 Å². The first-order valence-corrected chi connectivity index (χ1v) is 3.95. The standard InChI is InChI=1S/C10H8N4/c1-14(13-9(7-11)8-12)10-5-3-2-4-6-10/h2-6H,1H3. The topological polar surface area (TPSA) is 63.2 Å². The lowest BCUT2D eigenvalue weighted by Gasteiger charge is -2.11. The predicted octanol–water partition coefficient (Wildman–Crippen LogP) is 1.53. The number of para-hydroxylation sites is 1. The third kappa shape index (κ3) is 2.33. The van der Waals surface area contributed by atoms with Gasteiger partial charge in [0.1, 0.15) is 12.1 Å². The summed E-state index contributed by atoms with van der Waals surface area (Å²) < 4.78 is 0. The van der Waals surface area contributed by atoms with Crippen LogP contribution in [-0.2, 0) is 0 Å². The van der Waals surface area contributed by atoms with Crippen LogP contribution in [0.1, 0.15) is 0 Å². The summed E-state index contributed by atoms with van der Waals surface area (Å²) in [4.78, 5) is 0. The Morgan fingerprint density at radius 2 is 1.79 bits per heavy atom. The highest BCUT2D eigenvalue weighted by Crippen LogP contribution is 2.10. The van der Waals surface area contributed by atoms with Crippen molar-refractivity contribution in [2.24, 2.45) is 5.10 Å². The van der Waals surface area contributed by atoms with E-state index in [0.717, 1.165) is 5.69 Å². The first-order chi connectivity index (χ1) is 6.77. The second-order valence-corrected chi connectivity index (χ2v) is 2.53. The minimum Gasteiger partial charge on any atom is -0.267 e. The lowest BCUT2D eigenvalue weighted by atomic mass is 10.3. The molecule has 0 heterocycles. The fourth-order valence-corrected chi connectivity index (χ4v) is 0.921. The van der Waals surface area contributed by atoms with Crippen molar-refractivity contribution in [3.05, 3.63) is 30.3 Å². The van der Waals surface area contributed by atoms with E-state index in [1.54, 1.807) is 19.2 Å². The Morgan fingerprint density at radius 1 is 1.21 bits per heavy atom. The van der Waals surface area contributed by atoms with Gasteiger partial charge in [-0.1, -0.05) is 18.2 Å². The van der Waals surface area contributed by atoms with Crippen LogP contribution in [0.3, 0.4) is 0 Å². The van der Waals surface area contributed by atoms with E-state index >= 15 is 0 Å². The molecule has 4 nitrogen and oxygen atoms in total. The summed E-state index contributed by atoms with van der Waals surface area (Å²) >= 11 is 0. The van der Waals surface area contributed by atoms with E-state index in [4.69, 9.17) is 10.5 Å². The van der Waals surface area contributed by atoms with Crippen molar-refractivity contribution in [2.75, 3.05) is 12.1 Å². The SMILES string of the molecule is CN(N=C(C#N)C#N)c1ccccc1. The van der Waals surface area contributed by atoms with E-state index in [-0.39, 0.29) is 5.71 Å². The van der Waals surface area contributed by atoms with Crippen LogP contribution in [0.2, 0.25) is 0 Å². The number of rotatable bonds is 2. The molecule has 0 amide bonds. The van der Waals surface area contributed by atoms with Crippen LogP contribution in [0.5, 0.6) is 0 Å². The van der Waals surface area contributed by atoms with Crippen LogP contribution in [0.25, 0.3) is 0 Å². The van der Waals surface area contributed by atoms with E-state index in [2.05, 4.69) is 5.10 Å². The molecule has 1 aromatic rings. The summed E-state index contributed by atoms with van der Waals surface area (Å²) in [5.74, 6) is 0. The second-order valence-electron chi connectivity index (χ2n) is 2.53. The van der Waals surface area contributed by atoms with E-state index < -0.39 is 0 Å². The fourth-order valence-electron chi connectivity index (χ4n) is 0.921. The molecule has 0 saturated heterocycles. The molecule has 0 spiro atoms. The van der Waals surface area contributed by atoms with Gasteiger partial charge in [0, 0.05) is 7.05 Å². The summed E-state index contributed by atoms with van der Waals surface area (Å²) in [6.07, 6.45) is 0. The van der Waals surface area contributed by atoms with Crippen LogP contribution >= 0.6 is 0 Å². The van der Waals surface area contributed by atoms with Crippen molar-refractivity contribution >= 4 is 11.4 Å². The van der Waals surface area contributed by atoms with Gasteiger partial charge in [-0.15, -0.1) is 0 Å². The largest absolute Gasteiger partial charge is 0.267 e. The van der Waals surface area contributed by atoms with Crippen LogP contribution in [-0.4, -0.2) is 12.8 Å². The van der Waals surface area contributed by atoms with Gasteiger partial charge in [-0.25, -0.2) is 0 Å². The third-order valence-corrected chi connectivity index (χ3v) is 1.59. The predicted molar refractivity (Wildman–Crippen MR) is 53.5 cm³/mol. The molecule has 1 aromatic carbocycles. The second kappa shape index (κ2) is 4.64. The molecule has 0 unspecified atom stereocenters. The number of hydrogen-bond acceptors (Lipinski definition) is 4. The van der Waals surface area contributed by atoms with Crippen LogP contribution in [0, 0.1) is 22.7 Å². The van der Waals surface area contributed by atoms with Crippen molar-refractivity contribution < 1.29 is 0 Å². The zero-order valence-electron chi connectivity index (χ0n) is 7.68. The maximum absolute atomic E-state index is 8.49. The molecular weight excluding hydrogens is 176 g/mol. The average molecular weight is 184 g/mol. The van der Waals surface area contributed by atoms with Crippen molar-refractivity contribution in [1.29, 1.82) is 10.5 Å². The Balaban J connectivity index is 2.89. The zero-order valence-corrected chi connectivity index (χ0v) is 7.68. The molecule has 1 rings (SSSR count). The van der Waals surface area contributed by atoms with Crippen LogP contribution in [0.15, 0.2) is 35.4 Å². The molecule has 0 fully saturated rings. The summed E-state index contributed by atoms with van der Waals surface area (Å²) in [6.45, 7) is 0. The Kier molecular flexibility index (Phi) is 3.23. The van der Waals surface area contributed by atoms with Gasteiger partial charge in [-0.3, -0.25) is 5.01 Å². The van der Waals surface area contributed by atoms with E-state index in [1.807, 2.05) is 30.3 Å². The molecule has 0 aliphatic heterocycles. The van der Waals surface area contributed by atoms with Gasteiger partial charge in [-0.05, 0) is 12.1 Å². The van der Waals surface area contributed by atoms with E-state index in [1.165, 1.54) is 5.01 Å². The van der Waals surface area contributed by atoms with Crippen LogP contribution < -0.4 is 5.01 Å². The zero-order chi connectivity index (χ0) is 10.4. The molecule has 0 radical (unpaired) electrons. The first-order valence-electron chi connectivity index (χ1n) is 3.95. The van der Waals surface area contributed by atoms with Gasteiger partial charge >= 0.3 is 0 Å². The molecule has 0 saturated carbocycles. The maximum Gasteiger partial charge on any atom is 0.237 e. The number of anilines is 1. The highest BCUT2D eigenvalue weighted by atomic mass is 15.4. The molecule has 0 aromatic heterocycles. The van der Waals surface area contributed by atoms with E-state index in [0.29, 0.717) is 0 Å². The Morgan fingerprint density at radius 3 is 2.29 bits per heavy atom. The lowest BCUT2D eigenvalue weighted by molar-refractivity contribution is 1.02. The van der Waals surface area contributed by atoms with E-state index in [9.17, 15) is 0 Å². The van der Waals surface area contributed by atoms with Gasteiger partial charge in [-0.2, -0.15) is 15.6 Å². The molecule has 68 valence electrons. The maximum atomic E-state index is 8.49. The van der Waals surface area contributed by atoms with Crippen molar-refractivity contribution in [3.63, 3.8) is 0 Å². The number of nitrogens with zero attached hydrogens (tertiary/aromatic N) is 4. The number of benzene rings is 1. The first kappa shape index (κ1) is 9.76. The Bertz CT molecular complexity index is 392. The van der Waals surface area contributed by atoms with Gasteiger partial charge < -0.3 is 0 Å². The average Bonchev–Trinajstić information content (AvgIpc) is 2.26. The van der Waals surface area contributed by atoms with Gasteiger partial charge in [0.25, 0.3) is 0 Å². The monoisotopic (exact) mass is 184 g/mol. The Labute approximate surface area is 82.3 Å². The fraction of sp³-hybridized carbons (Fsp3) is 0.100. The quantitative estimate of drug-likeness (QED) is 0.517. The minimum absolute atomic E-state index is 0.156. The molecule has 14 heavy (non-hydrogen) atoms. The summed E-state index contributed by atoms with van der Waals surface area (Å²) in [6, 6.07) is 12.7. The minimum atomic E-state index is -0.156. The van der Waals surface area contributed by atoms with Gasteiger partial charge in [0.05, 0.1) is 5.69 Å². The number of nitriles is 2. The smallest absolute Gasteiger partial charge is 0.237 e. The summed E-state index contributed by atoms with van der Waals surface area (Å²) in [5.41, 5.74) is 0.673. The number of hydrogen-bond donors (Lipinski definition) is 0. The molecule has 0 bridgehead atoms. The molecule has 4 heteroatoms. The van der Waals surface area contributed by atoms with Gasteiger partial charge in [0.15, 0.2) is 0 Å². The summed E-state index contributed by atoms with van der Waals surface area (Å²) in [7, 11) is 1.68. The van der Waals surface area contributed by atoms with Crippen molar-refractivity contribution in [3.8, 4) is 12.1 Å². The highest BCUT2D eigenvalue weighted by molar-refractivity contribution is 6.10. The van der Waals surface area contributed by atoms with Crippen LogP contribution in [0.4, 0.5) is 5.69 Å². The molecule has 0 N–H and O–H groups in total. The normalized spacial score (nSPS) is 8.21. The Hall–Kier alpha value is -2.33. The van der Waals surface area contributed by atoms with Crippen molar-refractivity contribution in [2.45, 2.75) is 0 Å². The number of hydrazone groups is 1. The van der Waals surface area contributed by atoms with Gasteiger partial charge in [0.2, 0.25) is 5.71 Å². The third-order valence-electron chi connectivity index (χ3n) is 1.59. The molecule has 0 atom stereocenters.